The number of nitrogens with zero attached hydrogens (tertiary/aromatic N) is 1. The molecule has 110 valence electrons. The predicted molar refractivity (Wildman–Crippen MR) is 76.3 cm³/mol. The highest BCUT2D eigenvalue weighted by Gasteiger charge is 2.33. The minimum Gasteiger partial charge on any atom is -0.375 e. The van der Waals surface area contributed by atoms with Gasteiger partial charge in [0.05, 0.1) is 18.8 Å². The molecule has 0 aromatic carbocycles. The van der Waals surface area contributed by atoms with E-state index in [1.54, 1.807) is 11.8 Å². The van der Waals surface area contributed by atoms with Crippen LogP contribution in [0.1, 0.15) is 19.3 Å². The van der Waals surface area contributed by atoms with Crippen molar-refractivity contribution < 1.29 is 14.3 Å². The second kappa shape index (κ2) is 7.47. The minimum absolute atomic E-state index is 0.0213. The van der Waals surface area contributed by atoms with E-state index in [0.717, 1.165) is 31.6 Å². The average molecular weight is 288 g/mol. The number of hydrogen-bond acceptors (Lipinski definition) is 5. The Balaban J connectivity index is 1.83. The van der Waals surface area contributed by atoms with Crippen LogP contribution >= 0.6 is 11.8 Å². The van der Waals surface area contributed by atoms with E-state index >= 15 is 0 Å². The summed E-state index contributed by atoms with van der Waals surface area (Å²) in [6.07, 6.45) is 5.06. The Morgan fingerprint density at radius 3 is 2.89 bits per heavy atom. The fraction of sp³-hybridized carbons (Fsp3) is 0.923. The zero-order valence-corrected chi connectivity index (χ0v) is 12.4. The number of thioether (sulfide) groups is 1. The number of carbonyl (C=O) groups is 1. The Morgan fingerprint density at radius 1 is 1.42 bits per heavy atom. The minimum atomic E-state index is -0.379. The van der Waals surface area contributed by atoms with Crippen molar-refractivity contribution in [2.45, 2.75) is 37.5 Å². The Bertz CT molecular complexity index is 298. The van der Waals surface area contributed by atoms with Gasteiger partial charge >= 0.3 is 0 Å². The molecule has 2 saturated heterocycles. The lowest BCUT2D eigenvalue weighted by molar-refractivity contribution is -0.146. The van der Waals surface area contributed by atoms with Crippen LogP contribution in [-0.4, -0.2) is 67.4 Å². The molecule has 0 aromatic heterocycles. The summed E-state index contributed by atoms with van der Waals surface area (Å²) < 4.78 is 11.4. The van der Waals surface area contributed by atoms with E-state index in [1.807, 2.05) is 11.2 Å². The monoisotopic (exact) mass is 288 g/mol. The normalized spacial score (nSPS) is 29.5. The van der Waals surface area contributed by atoms with Gasteiger partial charge in [0.1, 0.15) is 6.10 Å². The van der Waals surface area contributed by atoms with Gasteiger partial charge in [0.15, 0.2) is 0 Å². The van der Waals surface area contributed by atoms with Crippen LogP contribution in [0, 0.1) is 0 Å². The molecule has 3 atom stereocenters. The van der Waals surface area contributed by atoms with Crippen LogP contribution in [0.15, 0.2) is 0 Å². The van der Waals surface area contributed by atoms with Crippen molar-refractivity contribution in [3.8, 4) is 0 Å². The fourth-order valence-electron chi connectivity index (χ4n) is 2.60. The third-order valence-corrected chi connectivity index (χ3v) is 4.38. The second-order valence-electron chi connectivity index (χ2n) is 5.13. The van der Waals surface area contributed by atoms with Crippen LogP contribution < -0.4 is 5.73 Å². The first-order valence-corrected chi connectivity index (χ1v) is 8.38. The zero-order chi connectivity index (χ0) is 13.7. The van der Waals surface area contributed by atoms with Gasteiger partial charge in [-0.05, 0) is 31.3 Å². The highest BCUT2D eigenvalue weighted by atomic mass is 32.2. The van der Waals surface area contributed by atoms with Crippen LogP contribution in [0.5, 0.6) is 0 Å². The Hall–Kier alpha value is -0.300. The Kier molecular flexibility index (Phi) is 5.94. The van der Waals surface area contributed by atoms with Gasteiger partial charge < -0.3 is 20.1 Å². The predicted octanol–water partition coefficient (Wildman–Crippen LogP) is 0.473. The van der Waals surface area contributed by atoms with E-state index in [1.165, 1.54) is 0 Å². The first-order valence-electron chi connectivity index (χ1n) is 6.99. The van der Waals surface area contributed by atoms with Gasteiger partial charge in [-0.3, -0.25) is 4.79 Å². The maximum Gasteiger partial charge on any atom is 0.239 e. The Labute approximate surface area is 119 Å². The molecule has 2 N–H and O–H groups in total. The maximum absolute atomic E-state index is 12.3. The summed E-state index contributed by atoms with van der Waals surface area (Å²) in [4.78, 5) is 14.1. The number of hydrogen-bond donors (Lipinski definition) is 1. The lowest BCUT2D eigenvalue weighted by Gasteiger charge is -2.36. The van der Waals surface area contributed by atoms with Gasteiger partial charge in [-0.1, -0.05) is 0 Å². The first kappa shape index (κ1) is 15.1. The number of rotatable bonds is 5. The van der Waals surface area contributed by atoms with Crippen molar-refractivity contribution in [1.82, 2.24) is 4.90 Å². The lowest BCUT2D eigenvalue weighted by atomic mass is 10.1. The van der Waals surface area contributed by atoms with Crippen molar-refractivity contribution in [2.75, 3.05) is 38.3 Å². The van der Waals surface area contributed by atoms with Crippen LogP contribution in [0.4, 0.5) is 0 Å². The zero-order valence-electron chi connectivity index (χ0n) is 11.5. The number of amides is 1. The van der Waals surface area contributed by atoms with Crippen molar-refractivity contribution in [3.05, 3.63) is 0 Å². The van der Waals surface area contributed by atoms with Gasteiger partial charge in [0.25, 0.3) is 0 Å². The molecule has 0 aromatic rings. The summed E-state index contributed by atoms with van der Waals surface area (Å²) in [6, 6.07) is -0.379. The molecule has 0 saturated carbocycles. The average Bonchev–Trinajstić information content (AvgIpc) is 2.98. The highest BCUT2D eigenvalue weighted by molar-refractivity contribution is 7.98. The molecule has 5 nitrogen and oxygen atoms in total. The number of nitrogens with two attached hydrogens (primary N) is 1. The van der Waals surface area contributed by atoms with Crippen LogP contribution in [0.2, 0.25) is 0 Å². The van der Waals surface area contributed by atoms with Gasteiger partial charge in [0.2, 0.25) is 5.91 Å². The first-order chi connectivity index (χ1) is 9.22. The van der Waals surface area contributed by atoms with E-state index in [4.69, 9.17) is 15.2 Å². The van der Waals surface area contributed by atoms with Gasteiger partial charge in [-0.2, -0.15) is 11.8 Å². The third-order valence-electron chi connectivity index (χ3n) is 3.73. The molecule has 0 aliphatic carbocycles. The number of morpholine rings is 1. The van der Waals surface area contributed by atoms with Gasteiger partial charge in [-0.25, -0.2) is 0 Å². The largest absolute Gasteiger partial charge is 0.375 e. The van der Waals surface area contributed by atoms with Crippen LogP contribution in [0.3, 0.4) is 0 Å². The summed E-state index contributed by atoms with van der Waals surface area (Å²) in [5.41, 5.74) is 5.96. The Morgan fingerprint density at radius 2 is 2.21 bits per heavy atom. The van der Waals surface area contributed by atoms with Gasteiger partial charge in [0, 0.05) is 19.7 Å². The van der Waals surface area contributed by atoms with Crippen molar-refractivity contribution in [1.29, 1.82) is 0 Å². The fourth-order valence-corrected chi connectivity index (χ4v) is 3.09. The maximum atomic E-state index is 12.3. The van der Waals surface area contributed by atoms with Crippen LogP contribution in [0.25, 0.3) is 0 Å². The molecule has 2 aliphatic rings. The van der Waals surface area contributed by atoms with Crippen molar-refractivity contribution >= 4 is 17.7 Å². The molecule has 6 heteroatoms. The molecule has 1 amide bonds. The topological polar surface area (TPSA) is 64.8 Å². The van der Waals surface area contributed by atoms with E-state index in [0.29, 0.717) is 19.7 Å². The van der Waals surface area contributed by atoms with E-state index in [-0.39, 0.29) is 24.2 Å². The molecule has 0 spiro atoms. The SMILES string of the molecule is CSCC[C@H](N)C(=O)N1CCOC(C2CCCO2)C1. The number of carbonyl (C=O) groups excluding carboxylic acids is 1. The molecule has 0 radical (unpaired) electrons. The second-order valence-corrected chi connectivity index (χ2v) is 6.12. The number of ether oxygens (including phenoxy) is 2. The molecule has 2 heterocycles. The molecule has 2 unspecified atom stereocenters. The highest BCUT2D eigenvalue weighted by Crippen LogP contribution is 2.21. The molecule has 19 heavy (non-hydrogen) atoms. The summed E-state index contributed by atoms with van der Waals surface area (Å²) in [5, 5.41) is 0. The van der Waals surface area contributed by atoms with Gasteiger partial charge in [-0.15, -0.1) is 0 Å². The van der Waals surface area contributed by atoms with Crippen molar-refractivity contribution in [2.24, 2.45) is 5.73 Å². The quantitative estimate of drug-likeness (QED) is 0.797. The summed E-state index contributed by atoms with van der Waals surface area (Å²) in [7, 11) is 0. The van der Waals surface area contributed by atoms with E-state index in [9.17, 15) is 4.79 Å². The molecule has 0 bridgehead atoms. The summed E-state index contributed by atoms with van der Waals surface area (Å²) in [6.45, 7) is 2.67. The lowest BCUT2D eigenvalue weighted by Crippen LogP contribution is -2.54. The van der Waals surface area contributed by atoms with Crippen molar-refractivity contribution in [3.63, 3.8) is 0 Å². The summed E-state index contributed by atoms with van der Waals surface area (Å²) in [5.74, 6) is 0.979. The molecular formula is C13H24N2O3S. The smallest absolute Gasteiger partial charge is 0.239 e. The molecule has 2 aliphatic heterocycles. The molecule has 2 rings (SSSR count). The van der Waals surface area contributed by atoms with E-state index < -0.39 is 0 Å². The summed E-state index contributed by atoms with van der Waals surface area (Å²) >= 11 is 1.72. The standard InChI is InChI=1S/C13H24N2O3S/c1-19-8-4-10(14)13(16)15-5-7-18-12(9-15)11-3-2-6-17-11/h10-12H,2-9,14H2,1H3/t10-,11?,12?/m0/s1. The molecular weight excluding hydrogens is 264 g/mol. The van der Waals surface area contributed by atoms with E-state index in [2.05, 4.69) is 0 Å². The van der Waals surface area contributed by atoms with Crippen LogP contribution in [-0.2, 0) is 14.3 Å². The third kappa shape index (κ3) is 4.08. The molecule has 2 fully saturated rings.